The molecule has 1 aliphatic heterocycles. The molecule has 1 fully saturated rings. The Kier molecular flexibility index (Phi) is 3.71. The standard InChI is InChI=1S/C18H18FN3O/c19-14-7-5-13(6-8-14)18-21-15(12-23-18)11-22-10-2-4-17(22)16-3-1-9-20-16/h1,3,5-9,12,17,20H,2,4,10-11H2/t17-/m0/s1. The van der Waals surface area contributed by atoms with Crippen LogP contribution in [0, 0.1) is 5.82 Å². The highest BCUT2D eigenvalue weighted by atomic mass is 19.1. The molecule has 23 heavy (non-hydrogen) atoms. The van der Waals surface area contributed by atoms with Gasteiger partial charge in [-0.25, -0.2) is 9.37 Å². The highest BCUT2D eigenvalue weighted by molar-refractivity contribution is 5.52. The zero-order chi connectivity index (χ0) is 15.6. The Morgan fingerprint density at radius 3 is 2.91 bits per heavy atom. The minimum atomic E-state index is -0.258. The van der Waals surface area contributed by atoms with Gasteiger partial charge in [-0.3, -0.25) is 4.90 Å². The summed E-state index contributed by atoms with van der Waals surface area (Å²) in [5, 5.41) is 0. The molecule has 0 unspecified atom stereocenters. The number of aromatic amines is 1. The summed E-state index contributed by atoms with van der Waals surface area (Å²) in [5.74, 6) is 0.280. The van der Waals surface area contributed by atoms with Gasteiger partial charge in [0.2, 0.25) is 5.89 Å². The summed E-state index contributed by atoms with van der Waals surface area (Å²) in [4.78, 5) is 10.3. The molecule has 3 heterocycles. The molecule has 2 aromatic heterocycles. The normalized spacial score (nSPS) is 18.6. The molecule has 0 aliphatic carbocycles. The van der Waals surface area contributed by atoms with Crippen molar-refractivity contribution in [1.82, 2.24) is 14.9 Å². The number of nitrogens with zero attached hydrogens (tertiary/aromatic N) is 2. The van der Waals surface area contributed by atoms with Crippen molar-refractivity contribution in [3.63, 3.8) is 0 Å². The molecular weight excluding hydrogens is 293 g/mol. The molecule has 1 aliphatic rings. The summed E-state index contributed by atoms with van der Waals surface area (Å²) >= 11 is 0. The molecule has 4 nitrogen and oxygen atoms in total. The molecule has 118 valence electrons. The molecule has 0 amide bonds. The van der Waals surface area contributed by atoms with Gasteiger partial charge in [-0.15, -0.1) is 0 Å². The summed E-state index contributed by atoms with van der Waals surface area (Å²) in [6.45, 7) is 1.82. The van der Waals surface area contributed by atoms with Crippen molar-refractivity contribution in [1.29, 1.82) is 0 Å². The average Bonchev–Trinajstić information content (AvgIpc) is 3.29. The van der Waals surface area contributed by atoms with E-state index < -0.39 is 0 Å². The lowest BCUT2D eigenvalue weighted by atomic mass is 10.1. The van der Waals surface area contributed by atoms with E-state index in [1.807, 2.05) is 12.3 Å². The van der Waals surface area contributed by atoms with Gasteiger partial charge in [0.05, 0.1) is 11.7 Å². The Bertz CT molecular complexity index is 764. The lowest BCUT2D eigenvalue weighted by molar-refractivity contribution is 0.242. The molecule has 5 heteroatoms. The maximum absolute atomic E-state index is 13.0. The van der Waals surface area contributed by atoms with Crippen LogP contribution < -0.4 is 0 Å². The Morgan fingerprint density at radius 2 is 2.13 bits per heavy atom. The Hall–Kier alpha value is -2.40. The van der Waals surface area contributed by atoms with E-state index in [0.717, 1.165) is 30.8 Å². The zero-order valence-corrected chi connectivity index (χ0v) is 12.7. The first kappa shape index (κ1) is 14.2. The number of aromatic nitrogens is 2. The fraction of sp³-hybridized carbons (Fsp3) is 0.278. The van der Waals surface area contributed by atoms with E-state index in [2.05, 4.69) is 20.9 Å². The van der Waals surface area contributed by atoms with Crippen LogP contribution in [0.15, 0.2) is 53.3 Å². The number of hydrogen-bond acceptors (Lipinski definition) is 3. The van der Waals surface area contributed by atoms with Gasteiger partial charge in [0, 0.05) is 24.0 Å². The van der Waals surface area contributed by atoms with Crippen LogP contribution in [-0.4, -0.2) is 21.4 Å². The molecular formula is C18H18FN3O. The lowest BCUT2D eigenvalue weighted by Crippen LogP contribution is -2.23. The number of oxazole rings is 1. The van der Waals surface area contributed by atoms with Gasteiger partial charge < -0.3 is 9.40 Å². The van der Waals surface area contributed by atoms with E-state index in [9.17, 15) is 4.39 Å². The second-order valence-corrected chi connectivity index (χ2v) is 5.90. The van der Waals surface area contributed by atoms with Gasteiger partial charge in [-0.05, 0) is 55.8 Å². The SMILES string of the molecule is Fc1ccc(-c2nc(CN3CCC[C@H]3c3ccc[nH]3)co2)cc1. The first-order valence-electron chi connectivity index (χ1n) is 7.87. The first-order chi connectivity index (χ1) is 11.3. The third-order valence-corrected chi connectivity index (χ3v) is 4.35. The van der Waals surface area contributed by atoms with Gasteiger partial charge in [-0.1, -0.05) is 0 Å². The molecule has 1 saturated heterocycles. The summed E-state index contributed by atoms with van der Waals surface area (Å²) in [5.41, 5.74) is 2.95. The maximum Gasteiger partial charge on any atom is 0.226 e. The number of H-pyrrole nitrogens is 1. The van der Waals surface area contributed by atoms with Crippen molar-refractivity contribution in [3.05, 3.63) is 66.1 Å². The topological polar surface area (TPSA) is 45.1 Å². The minimum absolute atomic E-state index is 0.258. The first-order valence-corrected chi connectivity index (χ1v) is 7.87. The smallest absolute Gasteiger partial charge is 0.226 e. The average molecular weight is 311 g/mol. The van der Waals surface area contributed by atoms with Crippen LogP contribution >= 0.6 is 0 Å². The van der Waals surface area contributed by atoms with Gasteiger partial charge in [-0.2, -0.15) is 0 Å². The highest BCUT2D eigenvalue weighted by Gasteiger charge is 2.27. The molecule has 0 radical (unpaired) electrons. The van der Waals surface area contributed by atoms with Crippen molar-refractivity contribution >= 4 is 0 Å². The Balaban J connectivity index is 1.50. The van der Waals surface area contributed by atoms with Crippen LogP contribution in [0.1, 0.15) is 30.3 Å². The van der Waals surface area contributed by atoms with Crippen molar-refractivity contribution in [2.75, 3.05) is 6.54 Å². The second-order valence-electron chi connectivity index (χ2n) is 5.90. The van der Waals surface area contributed by atoms with Crippen LogP contribution in [0.2, 0.25) is 0 Å². The van der Waals surface area contributed by atoms with Crippen LogP contribution in [0.3, 0.4) is 0 Å². The number of nitrogens with one attached hydrogen (secondary N) is 1. The molecule has 4 rings (SSSR count). The molecule has 0 bridgehead atoms. The summed E-state index contributed by atoms with van der Waals surface area (Å²) in [7, 11) is 0. The molecule has 1 aromatic carbocycles. The molecule has 0 saturated carbocycles. The zero-order valence-electron chi connectivity index (χ0n) is 12.7. The monoisotopic (exact) mass is 311 g/mol. The molecule has 0 spiro atoms. The highest BCUT2D eigenvalue weighted by Crippen LogP contribution is 2.32. The number of halogens is 1. The lowest BCUT2D eigenvalue weighted by Gasteiger charge is -2.22. The van der Waals surface area contributed by atoms with Crippen LogP contribution in [0.4, 0.5) is 4.39 Å². The van der Waals surface area contributed by atoms with E-state index >= 15 is 0 Å². The number of benzene rings is 1. The van der Waals surface area contributed by atoms with Crippen LogP contribution in [0.5, 0.6) is 0 Å². The third kappa shape index (κ3) is 2.92. The minimum Gasteiger partial charge on any atom is -0.444 e. The van der Waals surface area contributed by atoms with Crippen molar-refractivity contribution in [2.45, 2.75) is 25.4 Å². The third-order valence-electron chi connectivity index (χ3n) is 4.35. The largest absolute Gasteiger partial charge is 0.444 e. The van der Waals surface area contributed by atoms with E-state index in [1.54, 1.807) is 18.4 Å². The maximum atomic E-state index is 13.0. The van der Waals surface area contributed by atoms with E-state index in [-0.39, 0.29) is 5.82 Å². The van der Waals surface area contributed by atoms with E-state index in [0.29, 0.717) is 11.9 Å². The van der Waals surface area contributed by atoms with E-state index in [1.165, 1.54) is 24.2 Å². The Morgan fingerprint density at radius 1 is 1.26 bits per heavy atom. The van der Waals surface area contributed by atoms with Gasteiger partial charge in [0.25, 0.3) is 0 Å². The van der Waals surface area contributed by atoms with Crippen LogP contribution in [-0.2, 0) is 6.54 Å². The number of hydrogen-bond donors (Lipinski definition) is 1. The van der Waals surface area contributed by atoms with E-state index in [4.69, 9.17) is 4.42 Å². The molecule has 1 atom stereocenters. The molecule has 1 N–H and O–H groups in total. The van der Waals surface area contributed by atoms with Crippen molar-refractivity contribution in [3.8, 4) is 11.5 Å². The van der Waals surface area contributed by atoms with Crippen LogP contribution in [0.25, 0.3) is 11.5 Å². The number of rotatable bonds is 4. The summed E-state index contributed by atoms with van der Waals surface area (Å²) < 4.78 is 18.6. The quantitative estimate of drug-likeness (QED) is 0.787. The Labute approximate surface area is 134 Å². The van der Waals surface area contributed by atoms with Crippen molar-refractivity contribution in [2.24, 2.45) is 0 Å². The van der Waals surface area contributed by atoms with Gasteiger partial charge in [0.1, 0.15) is 12.1 Å². The summed E-state index contributed by atoms with van der Waals surface area (Å²) in [6, 6.07) is 10.8. The van der Waals surface area contributed by atoms with Gasteiger partial charge >= 0.3 is 0 Å². The van der Waals surface area contributed by atoms with Crippen molar-refractivity contribution < 1.29 is 8.81 Å². The summed E-state index contributed by atoms with van der Waals surface area (Å²) in [6.07, 6.45) is 6.01. The second kappa shape index (κ2) is 6.01. The predicted octanol–water partition coefficient (Wildman–Crippen LogP) is 4.15. The fourth-order valence-corrected chi connectivity index (χ4v) is 3.23. The number of likely N-dealkylation sites (tertiary alicyclic amines) is 1. The molecule has 3 aromatic rings. The van der Waals surface area contributed by atoms with Gasteiger partial charge in [0.15, 0.2) is 0 Å². The fourth-order valence-electron chi connectivity index (χ4n) is 3.23. The predicted molar refractivity (Wildman–Crippen MR) is 85.1 cm³/mol.